The van der Waals surface area contributed by atoms with Crippen LogP contribution in [-0.4, -0.2) is 43.4 Å². The Morgan fingerprint density at radius 2 is 2.14 bits per heavy atom. The van der Waals surface area contributed by atoms with Crippen LogP contribution in [-0.2, 0) is 9.47 Å². The molecule has 0 saturated heterocycles. The summed E-state index contributed by atoms with van der Waals surface area (Å²) in [4.78, 5) is 14.5. The summed E-state index contributed by atoms with van der Waals surface area (Å²) < 4.78 is 10.2. The summed E-state index contributed by atoms with van der Waals surface area (Å²) in [6, 6.07) is 2.81. The fourth-order valence-corrected chi connectivity index (χ4v) is 1.59. The number of nitrogens with zero attached hydrogens (tertiary/aromatic N) is 2. The van der Waals surface area contributed by atoms with Crippen molar-refractivity contribution >= 4 is 17.3 Å². The number of unbranched alkanes of at least 4 members (excludes halogenated alkanes) is 1. The van der Waals surface area contributed by atoms with E-state index in [4.69, 9.17) is 15.3 Å². The smallest absolute Gasteiger partial charge is 0.311 e. The third-order valence-corrected chi connectivity index (χ3v) is 2.66. The van der Waals surface area contributed by atoms with Gasteiger partial charge in [0.25, 0.3) is 0 Å². The van der Waals surface area contributed by atoms with Gasteiger partial charge in [-0.2, -0.15) is 0 Å². The number of anilines is 2. The number of methoxy groups -OCH3 is 1. The SMILES string of the molecule is COCCOCCCCNc1nc(NN)ccc1[N+](=O)[O-]. The van der Waals surface area contributed by atoms with Crippen LogP contribution < -0.4 is 16.6 Å². The zero-order valence-corrected chi connectivity index (χ0v) is 12.0. The highest BCUT2D eigenvalue weighted by atomic mass is 16.6. The topological polar surface area (TPSA) is 125 Å². The molecule has 0 radical (unpaired) electrons. The highest BCUT2D eigenvalue weighted by Crippen LogP contribution is 2.23. The Hall–Kier alpha value is -1.97. The predicted molar refractivity (Wildman–Crippen MR) is 79.1 cm³/mol. The lowest BCUT2D eigenvalue weighted by Gasteiger charge is -2.08. The second kappa shape index (κ2) is 9.86. The lowest BCUT2D eigenvalue weighted by molar-refractivity contribution is -0.384. The Labute approximate surface area is 122 Å². The first-order valence-corrected chi connectivity index (χ1v) is 6.61. The molecule has 118 valence electrons. The molecule has 1 aromatic heterocycles. The van der Waals surface area contributed by atoms with Crippen LogP contribution in [0.25, 0.3) is 0 Å². The molecule has 0 aliphatic rings. The van der Waals surface area contributed by atoms with E-state index in [1.165, 1.54) is 12.1 Å². The van der Waals surface area contributed by atoms with Crippen molar-refractivity contribution in [3.05, 3.63) is 22.2 Å². The van der Waals surface area contributed by atoms with Gasteiger partial charge in [0.2, 0.25) is 5.82 Å². The molecule has 0 aliphatic carbocycles. The number of pyridine rings is 1. The summed E-state index contributed by atoms with van der Waals surface area (Å²) in [5, 5.41) is 13.8. The molecular weight excluding hydrogens is 278 g/mol. The van der Waals surface area contributed by atoms with E-state index in [1.807, 2.05) is 0 Å². The Morgan fingerprint density at radius 1 is 1.33 bits per heavy atom. The fraction of sp³-hybridized carbons (Fsp3) is 0.583. The fourth-order valence-electron chi connectivity index (χ4n) is 1.59. The minimum absolute atomic E-state index is 0.0784. The summed E-state index contributed by atoms with van der Waals surface area (Å²) in [6.45, 7) is 2.34. The van der Waals surface area contributed by atoms with E-state index in [1.54, 1.807) is 7.11 Å². The quantitative estimate of drug-likeness (QED) is 0.240. The number of rotatable bonds is 11. The van der Waals surface area contributed by atoms with Gasteiger partial charge in [-0.25, -0.2) is 10.8 Å². The van der Waals surface area contributed by atoms with Crippen molar-refractivity contribution in [1.29, 1.82) is 0 Å². The Bertz CT molecular complexity index is 444. The maximum atomic E-state index is 10.9. The molecule has 0 fully saturated rings. The average Bonchev–Trinajstić information content (AvgIpc) is 2.49. The van der Waals surface area contributed by atoms with E-state index in [-0.39, 0.29) is 11.5 Å². The van der Waals surface area contributed by atoms with Crippen molar-refractivity contribution < 1.29 is 14.4 Å². The number of nitrogens with one attached hydrogen (secondary N) is 2. The maximum Gasteiger partial charge on any atom is 0.311 e. The first kappa shape index (κ1) is 17.1. The molecular formula is C12H21N5O4. The normalized spacial score (nSPS) is 10.4. The van der Waals surface area contributed by atoms with Crippen molar-refractivity contribution in [2.45, 2.75) is 12.8 Å². The van der Waals surface area contributed by atoms with Gasteiger partial charge >= 0.3 is 5.69 Å². The highest BCUT2D eigenvalue weighted by Gasteiger charge is 2.15. The van der Waals surface area contributed by atoms with E-state index in [2.05, 4.69) is 15.7 Å². The Kier molecular flexibility index (Phi) is 8.02. The van der Waals surface area contributed by atoms with Crippen LogP contribution in [0, 0.1) is 10.1 Å². The maximum absolute atomic E-state index is 10.9. The lowest BCUT2D eigenvalue weighted by atomic mass is 10.3. The molecule has 0 atom stereocenters. The molecule has 4 N–H and O–H groups in total. The van der Waals surface area contributed by atoms with Crippen LogP contribution >= 0.6 is 0 Å². The van der Waals surface area contributed by atoms with Crippen LogP contribution in [0.3, 0.4) is 0 Å². The Balaban J connectivity index is 2.35. The van der Waals surface area contributed by atoms with Gasteiger partial charge in [-0.15, -0.1) is 0 Å². The molecule has 0 bridgehead atoms. The van der Waals surface area contributed by atoms with Gasteiger partial charge < -0.3 is 20.2 Å². The van der Waals surface area contributed by atoms with Gasteiger partial charge in [0.15, 0.2) is 0 Å². The zero-order valence-electron chi connectivity index (χ0n) is 12.0. The number of hydrogen-bond donors (Lipinski definition) is 3. The predicted octanol–water partition coefficient (Wildman–Crippen LogP) is 1.13. The third kappa shape index (κ3) is 6.34. The summed E-state index contributed by atoms with van der Waals surface area (Å²) in [7, 11) is 1.62. The van der Waals surface area contributed by atoms with Crippen LogP contribution in [0.4, 0.5) is 17.3 Å². The number of hydrogen-bond acceptors (Lipinski definition) is 8. The van der Waals surface area contributed by atoms with Crippen molar-refractivity contribution in [3.63, 3.8) is 0 Å². The van der Waals surface area contributed by atoms with Crippen LogP contribution in [0.1, 0.15) is 12.8 Å². The number of hydrazine groups is 1. The van der Waals surface area contributed by atoms with E-state index in [0.717, 1.165) is 12.8 Å². The molecule has 0 unspecified atom stereocenters. The number of nitrogen functional groups attached to an aromatic ring is 1. The number of nitrogens with two attached hydrogens (primary N) is 1. The van der Waals surface area contributed by atoms with Gasteiger partial charge in [-0.05, 0) is 18.9 Å². The monoisotopic (exact) mass is 299 g/mol. The van der Waals surface area contributed by atoms with Crippen molar-refractivity contribution in [1.82, 2.24) is 4.98 Å². The summed E-state index contributed by atoms with van der Waals surface area (Å²) in [6.07, 6.45) is 1.66. The summed E-state index contributed by atoms with van der Waals surface area (Å²) in [5.74, 6) is 5.81. The van der Waals surface area contributed by atoms with Gasteiger partial charge in [-0.3, -0.25) is 10.1 Å². The molecule has 9 nitrogen and oxygen atoms in total. The molecule has 0 amide bonds. The van der Waals surface area contributed by atoms with Crippen LogP contribution in [0.15, 0.2) is 12.1 Å². The molecule has 1 aromatic rings. The van der Waals surface area contributed by atoms with E-state index in [0.29, 0.717) is 32.2 Å². The van der Waals surface area contributed by atoms with E-state index in [9.17, 15) is 10.1 Å². The number of ether oxygens (including phenoxy) is 2. The summed E-state index contributed by atoms with van der Waals surface area (Å²) in [5.41, 5.74) is 2.28. The molecule has 0 aromatic carbocycles. The Morgan fingerprint density at radius 3 is 2.81 bits per heavy atom. The molecule has 0 spiro atoms. The van der Waals surface area contributed by atoms with Crippen molar-refractivity contribution in [2.24, 2.45) is 5.84 Å². The van der Waals surface area contributed by atoms with Crippen molar-refractivity contribution in [3.8, 4) is 0 Å². The first-order chi connectivity index (χ1) is 10.2. The molecule has 0 saturated carbocycles. The average molecular weight is 299 g/mol. The van der Waals surface area contributed by atoms with E-state index >= 15 is 0 Å². The second-order valence-electron chi connectivity index (χ2n) is 4.20. The largest absolute Gasteiger partial charge is 0.382 e. The minimum Gasteiger partial charge on any atom is -0.382 e. The third-order valence-electron chi connectivity index (χ3n) is 2.66. The molecule has 1 rings (SSSR count). The molecule has 9 heteroatoms. The van der Waals surface area contributed by atoms with Gasteiger partial charge in [0.1, 0.15) is 5.82 Å². The van der Waals surface area contributed by atoms with Crippen LogP contribution in [0.5, 0.6) is 0 Å². The molecule has 1 heterocycles. The number of aromatic nitrogens is 1. The van der Waals surface area contributed by atoms with Crippen molar-refractivity contribution in [2.75, 3.05) is 44.2 Å². The van der Waals surface area contributed by atoms with Crippen LogP contribution in [0.2, 0.25) is 0 Å². The summed E-state index contributed by atoms with van der Waals surface area (Å²) >= 11 is 0. The van der Waals surface area contributed by atoms with Gasteiger partial charge in [0, 0.05) is 26.3 Å². The standard InChI is InChI=1S/C12H21N5O4/c1-20-8-9-21-7-3-2-6-14-12-10(17(18)19)4-5-11(15-12)16-13/h4-5H,2-3,6-9,13H2,1H3,(H2,14,15,16). The second-order valence-corrected chi connectivity index (χ2v) is 4.20. The number of nitro groups is 1. The molecule has 21 heavy (non-hydrogen) atoms. The van der Waals surface area contributed by atoms with Gasteiger partial charge in [0.05, 0.1) is 18.1 Å². The zero-order chi connectivity index (χ0) is 15.5. The van der Waals surface area contributed by atoms with E-state index < -0.39 is 4.92 Å². The van der Waals surface area contributed by atoms with Gasteiger partial charge in [-0.1, -0.05) is 0 Å². The lowest BCUT2D eigenvalue weighted by Crippen LogP contribution is -2.12. The first-order valence-electron chi connectivity index (χ1n) is 6.61. The molecule has 0 aliphatic heterocycles. The highest BCUT2D eigenvalue weighted by molar-refractivity contribution is 5.59. The minimum atomic E-state index is -0.483.